The molecule has 164 valence electrons. The van der Waals surface area contributed by atoms with E-state index in [0.717, 1.165) is 42.7 Å². The number of carbonyl (C=O) groups is 2. The molecule has 2 saturated heterocycles. The van der Waals surface area contributed by atoms with E-state index in [9.17, 15) is 9.59 Å². The fraction of sp³-hybridized carbons (Fsp3) is 0.417. The highest BCUT2D eigenvalue weighted by atomic mass is 16.6. The fourth-order valence-electron chi connectivity index (χ4n) is 3.84. The molecular formula is C24H28N2O5. The molecule has 0 saturated carbocycles. The van der Waals surface area contributed by atoms with Gasteiger partial charge in [-0.3, -0.25) is 9.69 Å². The normalized spacial score (nSPS) is 20.9. The van der Waals surface area contributed by atoms with Crippen molar-refractivity contribution in [1.29, 1.82) is 0 Å². The molecule has 2 aromatic carbocycles. The minimum Gasteiger partial charge on any atom is -0.484 e. The Morgan fingerprint density at radius 3 is 2.61 bits per heavy atom. The van der Waals surface area contributed by atoms with E-state index in [-0.39, 0.29) is 30.8 Å². The first-order chi connectivity index (χ1) is 15.1. The standard InChI is InChI=1S/C24H28N2O5/c1-17-5-7-18(8-6-17)22-15-31-24(28)26(22)19-9-11-20(12-10-19)30-16-23(27)25-14-21-4-2-3-13-29-21/h5-12,21-22H,2-4,13-16H2,1H3,(H,25,27). The van der Waals surface area contributed by atoms with Crippen LogP contribution in [0.15, 0.2) is 48.5 Å². The molecule has 2 aliphatic heterocycles. The van der Waals surface area contributed by atoms with Gasteiger partial charge in [0.15, 0.2) is 6.61 Å². The summed E-state index contributed by atoms with van der Waals surface area (Å²) < 4.78 is 16.5. The van der Waals surface area contributed by atoms with Gasteiger partial charge < -0.3 is 19.5 Å². The van der Waals surface area contributed by atoms with E-state index in [1.807, 2.05) is 31.2 Å². The van der Waals surface area contributed by atoms with E-state index in [4.69, 9.17) is 14.2 Å². The molecule has 2 atom stereocenters. The van der Waals surface area contributed by atoms with Gasteiger partial charge in [-0.2, -0.15) is 0 Å². The van der Waals surface area contributed by atoms with E-state index in [1.165, 1.54) is 0 Å². The zero-order valence-electron chi connectivity index (χ0n) is 17.7. The molecule has 2 aromatic rings. The molecule has 2 aliphatic rings. The highest BCUT2D eigenvalue weighted by Crippen LogP contribution is 2.33. The molecular weight excluding hydrogens is 396 g/mol. The second-order valence-corrected chi connectivity index (χ2v) is 7.95. The number of aryl methyl sites for hydroxylation is 1. The van der Waals surface area contributed by atoms with Crippen LogP contribution in [0.3, 0.4) is 0 Å². The van der Waals surface area contributed by atoms with Gasteiger partial charge in [-0.05, 0) is 56.0 Å². The summed E-state index contributed by atoms with van der Waals surface area (Å²) in [5.74, 6) is 0.382. The Morgan fingerprint density at radius 1 is 1.13 bits per heavy atom. The lowest BCUT2D eigenvalue weighted by Crippen LogP contribution is -2.37. The van der Waals surface area contributed by atoms with Crippen LogP contribution in [-0.2, 0) is 14.3 Å². The molecule has 2 unspecified atom stereocenters. The van der Waals surface area contributed by atoms with Crippen molar-refractivity contribution in [3.63, 3.8) is 0 Å². The lowest BCUT2D eigenvalue weighted by molar-refractivity contribution is -0.124. The summed E-state index contributed by atoms with van der Waals surface area (Å²) in [6, 6.07) is 15.0. The topological polar surface area (TPSA) is 77.1 Å². The van der Waals surface area contributed by atoms with E-state index in [2.05, 4.69) is 5.32 Å². The molecule has 1 N–H and O–H groups in total. The third-order valence-corrected chi connectivity index (χ3v) is 5.62. The number of nitrogens with zero attached hydrogens (tertiary/aromatic N) is 1. The molecule has 4 rings (SSSR count). The zero-order chi connectivity index (χ0) is 21.6. The van der Waals surface area contributed by atoms with E-state index < -0.39 is 0 Å². The first-order valence-electron chi connectivity index (χ1n) is 10.7. The van der Waals surface area contributed by atoms with Crippen molar-refractivity contribution in [2.45, 2.75) is 38.3 Å². The van der Waals surface area contributed by atoms with Gasteiger partial charge in [-0.15, -0.1) is 0 Å². The Morgan fingerprint density at radius 2 is 1.90 bits per heavy atom. The fourth-order valence-corrected chi connectivity index (χ4v) is 3.84. The molecule has 0 aliphatic carbocycles. The monoisotopic (exact) mass is 424 g/mol. The Kier molecular flexibility index (Phi) is 6.72. The third-order valence-electron chi connectivity index (χ3n) is 5.62. The van der Waals surface area contributed by atoms with Gasteiger partial charge in [0.2, 0.25) is 0 Å². The number of nitrogens with one attached hydrogen (secondary N) is 1. The number of hydrogen-bond acceptors (Lipinski definition) is 5. The highest BCUT2D eigenvalue weighted by Gasteiger charge is 2.35. The smallest absolute Gasteiger partial charge is 0.415 e. The molecule has 7 nitrogen and oxygen atoms in total. The summed E-state index contributed by atoms with van der Waals surface area (Å²) in [6.07, 6.45) is 2.93. The number of carbonyl (C=O) groups excluding carboxylic acids is 2. The van der Waals surface area contributed by atoms with Gasteiger partial charge in [0.1, 0.15) is 12.4 Å². The van der Waals surface area contributed by atoms with Crippen LogP contribution in [-0.4, -0.2) is 44.5 Å². The number of amides is 2. The first-order valence-corrected chi connectivity index (χ1v) is 10.7. The Labute approximate surface area is 182 Å². The van der Waals surface area contributed by atoms with Crippen molar-refractivity contribution in [3.8, 4) is 5.75 Å². The Bertz CT molecular complexity index is 891. The number of anilines is 1. The van der Waals surface area contributed by atoms with Crippen LogP contribution < -0.4 is 15.0 Å². The van der Waals surface area contributed by atoms with Gasteiger partial charge in [-0.25, -0.2) is 4.79 Å². The van der Waals surface area contributed by atoms with Crippen molar-refractivity contribution in [2.24, 2.45) is 0 Å². The third kappa shape index (κ3) is 5.35. The zero-order valence-corrected chi connectivity index (χ0v) is 17.7. The summed E-state index contributed by atoms with van der Waals surface area (Å²) in [5, 5.41) is 2.85. The van der Waals surface area contributed by atoms with Crippen molar-refractivity contribution < 1.29 is 23.8 Å². The molecule has 0 bridgehead atoms. The number of cyclic esters (lactones) is 1. The van der Waals surface area contributed by atoms with Crippen molar-refractivity contribution in [1.82, 2.24) is 5.32 Å². The van der Waals surface area contributed by atoms with Crippen LogP contribution in [0.25, 0.3) is 0 Å². The van der Waals surface area contributed by atoms with E-state index in [1.54, 1.807) is 29.2 Å². The van der Waals surface area contributed by atoms with Crippen LogP contribution in [0, 0.1) is 6.92 Å². The summed E-state index contributed by atoms with van der Waals surface area (Å²) in [7, 11) is 0. The molecule has 0 aromatic heterocycles. The summed E-state index contributed by atoms with van der Waals surface area (Å²) in [4.78, 5) is 26.0. The highest BCUT2D eigenvalue weighted by molar-refractivity contribution is 5.90. The van der Waals surface area contributed by atoms with Crippen LogP contribution in [0.4, 0.5) is 10.5 Å². The summed E-state index contributed by atoms with van der Waals surface area (Å²) in [5.41, 5.74) is 2.91. The second kappa shape index (κ2) is 9.83. The van der Waals surface area contributed by atoms with E-state index in [0.29, 0.717) is 18.9 Å². The van der Waals surface area contributed by atoms with Crippen molar-refractivity contribution in [2.75, 3.05) is 31.3 Å². The second-order valence-electron chi connectivity index (χ2n) is 7.95. The van der Waals surface area contributed by atoms with E-state index >= 15 is 0 Å². The number of rotatable bonds is 7. The molecule has 2 heterocycles. The lowest BCUT2D eigenvalue weighted by Gasteiger charge is -2.23. The van der Waals surface area contributed by atoms with Gasteiger partial charge in [0.05, 0.1) is 12.1 Å². The minimum atomic E-state index is -0.372. The van der Waals surface area contributed by atoms with Crippen LogP contribution >= 0.6 is 0 Å². The number of benzene rings is 2. The maximum absolute atomic E-state index is 12.3. The van der Waals surface area contributed by atoms with Crippen LogP contribution in [0.1, 0.15) is 36.4 Å². The van der Waals surface area contributed by atoms with Gasteiger partial charge in [-0.1, -0.05) is 29.8 Å². The molecule has 7 heteroatoms. The summed E-state index contributed by atoms with van der Waals surface area (Å²) in [6.45, 7) is 3.55. The quantitative estimate of drug-likeness (QED) is 0.732. The van der Waals surface area contributed by atoms with Crippen molar-refractivity contribution in [3.05, 3.63) is 59.7 Å². The van der Waals surface area contributed by atoms with Gasteiger partial charge in [0, 0.05) is 18.8 Å². The Balaban J connectivity index is 1.32. The molecule has 31 heavy (non-hydrogen) atoms. The predicted octanol–water partition coefficient (Wildman–Crippen LogP) is 3.76. The maximum Gasteiger partial charge on any atom is 0.415 e. The Hall–Kier alpha value is -3.06. The minimum absolute atomic E-state index is 0.0657. The maximum atomic E-state index is 12.3. The molecule has 2 amide bonds. The number of ether oxygens (including phenoxy) is 3. The average Bonchev–Trinajstić information content (AvgIpc) is 3.19. The van der Waals surface area contributed by atoms with Crippen molar-refractivity contribution >= 4 is 17.7 Å². The number of hydrogen-bond donors (Lipinski definition) is 1. The molecule has 2 fully saturated rings. The predicted molar refractivity (Wildman–Crippen MR) is 116 cm³/mol. The largest absolute Gasteiger partial charge is 0.484 e. The van der Waals surface area contributed by atoms with Crippen LogP contribution in [0.5, 0.6) is 5.75 Å². The summed E-state index contributed by atoms with van der Waals surface area (Å²) >= 11 is 0. The molecule has 0 spiro atoms. The lowest BCUT2D eigenvalue weighted by atomic mass is 10.0. The molecule has 0 radical (unpaired) electrons. The van der Waals surface area contributed by atoms with Gasteiger partial charge >= 0.3 is 6.09 Å². The van der Waals surface area contributed by atoms with Gasteiger partial charge in [0.25, 0.3) is 5.91 Å². The SMILES string of the molecule is Cc1ccc(C2COC(=O)N2c2ccc(OCC(=O)NCC3CCCCO3)cc2)cc1. The average molecular weight is 424 g/mol. The van der Waals surface area contributed by atoms with Crippen LogP contribution in [0.2, 0.25) is 0 Å². The first kappa shape index (κ1) is 21.2.